The van der Waals surface area contributed by atoms with Crippen molar-refractivity contribution >= 4 is 17.4 Å². The van der Waals surface area contributed by atoms with Gasteiger partial charge < -0.3 is 20.2 Å². The molecule has 1 aromatic heterocycles. The fourth-order valence-corrected chi connectivity index (χ4v) is 1.75. The van der Waals surface area contributed by atoms with Gasteiger partial charge in [0.05, 0.1) is 19.9 Å². The van der Waals surface area contributed by atoms with Gasteiger partial charge in [0.1, 0.15) is 17.3 Å². The average Bonchev–Trinajstić information content (AvgIpc) is 2.55. The van der Waals surface area contributed by atoms with Crippen LogP contribution in [-0.2, 0) is 0 Å². The monoisotopic (exact) mass is 288 g/mol. The molecule has 0 unspecified atom stereocenters. The summed E-state index contributed by atoms with van der Waals surface area (Å²) in [4.78, 5) is 16.2. The highest BCUT2D eigenvalue weighted by molar-refractivity contribution is 6.05. The van der Waals surface area contributed by atoms with Gasteiger partial charge in [-0.2, -0.15) is 0 Å². The number of methoxy groups -OCH3 is 2. The largest absolute Gasteiger partial charge is 0.497 e. The molecule has 110 valence electrons. The third kappa shape index (κ3) is 3.40. The van der Waals surface area contributed by atoms with Gasteiger partial charge >= 0.3 is 0 Å². The van der Waals surface area contributed by atoms with Crippen molar-refractivity contribution in [1.29, 1.82) is 0 Å². The number of benzene rings is 1. The summed E-state index contributed by atoms with van der Waals surface area (Å²) in [5, 5.41) is 2.76. The van der Waals surface area contributed by atoms with Crippen molar-refractivity contribution in [3.8, 4) is 11.5 Å². The molecule has 0 fully saturated rings. The predicted octanol–water partition coefficient (Wildman–Crippen LogP) is 1.64. The van der Waals surface area contributed by atoms with Crippen molar-refractivity contribution in [2.45, 2.75) is 0 Å². The van der Waals surface area contributed by atoms with E-state index >= 15 is 0 Å². The maximum absolute atomic E-state index is 12.2. The van der Waals surface area contributed by atoms with E-state index in [2.05, 4.69) is 15.7 Å². The number of nitrogens with zero attached hydrogens (tertiary/aromatic N) is 1. The zero-order chi connectivity index (χ0) is 15.2. The lowest BCUT2D eigenvalue weighted by atomic mass is 10.2. The maximum Gasteiger partial charge on any atom is 0.255 e. The number of carbonyl (C=O) groups is 1. The molecule has 2 aromatic rings. The summed E-state index contributed by atoms with van der Waals surface area (Å²) >= 11 is 0. The van der Waals surface area contributed by atoms with Crippen LogP contribution in [0.5, 0.6) is 11.5 Å². The van der Waals surface area contributed by atoms with E-state index in [1.165, 1.54) is 13.3 Å². The van der Waals surface area contributed by atoms with E-state index in [1.54, 1.807) is 37.4 Å². The van der Waals surface area contributed by atoms with Crippen LogP contribution >= 0.6 is 0 Å². The molecule has 0 radical (unpaired) electrons. The summed E-state index contributed by atoms with van der Waals surface area (Å²) in [6.45, 7) is 0. The van der Waals surface area contributed by atoms with Crippen molar-refractivity contribution < 1.29 is 14.3 Å². The van der Waals surface area contributed by atoms with Crippen molar-refractivity contribution in [3.63, 3.8) is 0 Å². The summed E-state index contributed by atoms with van der Waals surface area (Å²) in [6, 6.07) is 8.27. The fraction of sp³-hybridized carbons (Fsp3) is 0.143. The van der Waals surface area contributed by atoms with E-state index in [-0.39, 0.29) is 5.91 Å². The molecule has 0 saturated carbocycles. The lowest BCUT2D eigenvalue weighted by Gasteiger charge is -2.12. The van der Waals surface area contributed by atoms with Gasteiger partial charge in [-0.3, -0.25) is 4.79 Å². The number of anilines is 2. The zero-order valence-electron chi connectivity index (χ0n) is 11.7. The number of nitrogens with two attached hydrogens (primary N) is 1. The highest BCUT2D eigenvalue weighted by atomic mass is 16.5. The molecule has 2 rings (SSSR count). The molecule has 0 atom stereocenters. The first kappa shape index (κ1) is 14.6. The Balaban J connectivity index is 2.22. The van der Waals surface area contributed by atoms with Crippen LogP contribution in [-0.4, -0.2) is 25.1 Å². The number of ether oxygens (including phenoxy) is 2. The van der Waals surface area contributed by atoms with Gasteiger partial charge in [-0.15, -0.1) is 0 Å². The van der Waals surface area contributed by atoms with Crippen molar-refractivity contribution in [1.82, 2.24) is 4.98 Å². The molecule has 0 bridgehead atoms. The highest BCUT2D eigenvalue weighted by Gasteiger charge is 2.11. The molecule has 1 amide bonds. The number of hydrazine groups is 1. The number of pyridine rings is 1. The molecule has 1 heterocycles. The predicted molar refractivity (Wildman–Crippen MR) is 79.5 cm³/mol. The van der Waals surface area contributed by atoms with E-state index in [4.69, 9.17) is 15.3 Å². The Morgan fingerprint density at radius 1 is 1.19 bits per heavy atom. The summed E-state index contributed by atoms with van der Waals surface area (Å²) in [5.74, 6) is 6.53. The molecule has 0 aliphatic rings. The van der Waals surface area contributed by atoms with Crippen LogP contribution in [0.4, 0.5) is 11.5 Å². The number of rotatable bonds is 5. The lowest BCUT2D eigenvalue weighted by molar-refractivity contribution is 0.102. The minimum atomic E-state index is -0.294. The number of aromatic nitrogens is 1. The van der Waals surface area contributed by atoms with Crippen molar-refractivity contribution in [3.05, 3.63) is 42.1 Å². The van der Waals surface area contributed by atoms with E-state index in [1.807, 2.05) is 0 Å². The first-order valence-electron chi connectivity index (χ1n) is 6.14. The van der Waals surface area contributed by atoms with Crippen LogP contribution in [0.1, 0.15) is 10.4 Å². The third-order valence-electron chi connectivity index (χ3n) is 2.83. The Morgan fingerprint density at radius 2 is 2.00 bits per heavy atom. The number of nitrogen functional groups attached to an aromatic ring is 1. The smallest absolute Gasteiger partial charge is 0.255 e. The van der Waals surface area contributed by atoms with Crippen LogP contribution in [0.25, 0.3) is 0 Å². The van der Waals surface area contributed by atoms with Crippen LogP contribution < -0.4 is 26.1 Å². The number of amides is 1. The Morgan fingerprint density at radius 3 is 2.67 bits per heavy atom. The molecule has 7 heteroatoms. The first-order chi connectivity index (χ1) is 10.2. The second-order valence-electron chi connectivity index (χ2n) is 4.09. The quantitative estimate of drug-likeness (QED) is 0.571. The number of carbonyl (C=O) groups excluding carboxylic acids is 1. The molecule has 4 N–H and O–H groups in total. The molecule has 0 spiro atoms. The van der Waals surface area contributed by atoms with Crippen molar-refractivity contribution in [2.24, 2.45) is 5.84 Å². The Hall–Kier alpha value is -2.80. The summed E-state index contributed by atoms with van der Waals surface area (Å²) in [5.41, 5.74) is 3.36. The van der Waals surface area contributed by atoms with Crippen LogP contribution in [0.3, 0.4) is 0 Å². The fourth-order valence-electron chi connectivity index (χ4n) is 1.75. The van der Waals surface area contributed by atoms with Gasteiger partial charge in [-0.1, -0.05) is 0 Å². The Bertz CT molecular complexity index is 646. The molecule has 21 heavy (non-hydrogen) atoms. The molecular formula is C14H16N4O3. The SMILES string of the molecule is COc1ccc(NC(=O)c2ccnc(NN)c2)c(OC)c1. The van der Waals surface area contributed by atoms with Crippen LogP contribution in [0.15, 0.2) is 36.5 Å². The zero-order valence-corrected chi connectivity index (χ0v) is 11.7. The van der Waals surface area contributed by atoms with Gasteiger partial charge in [0.25, 0.3) is 5.91 Å². The van der Waals surface area contributed by atoms with E-state index < -0.39 is 0 Å². The number of hydrogen-bond acceptors (Lipinski definition) is 6. The highest BCUT2D eigenvalue weighted by Crippen LogP contribution is 2.29. The van der Waals surface area contributed by atoms with Gasteiger partial charge in [0, 0.05) is 17.8 Å². The molecule has 0 aliphatic heterocycles. The Labute approximate surface area is 122 Å². The van der Waals surface area contributed by atoms with Crippen LogP contribution in [0, 0.1) is 0 Å². The Kier molecular flexibility index (Phi) is 4.57. The summed E-state index contributed by atoms with van der Waals surface area (Å²) < 4.78 is 10.3. The summed E-state index contributed by atoms with van der Waals surface area (Å²) in [7, 11) is 3.08. The van der Waals surface area contributed by atoms with Gasteiger partial charge in [0.2, 0.25) is 0 Å². The second-order valence-corrected chi connectivity index (χ2v) is 4.09. The van der Waals surface area contributed by atoms with E-state index in [0.29, 0.717) is 28.6 Å². The van der Waals surface area contributed by atoms with Crippen LogP contribution in [0.2, 0.25) is 0 Å². The number of nitrogens with one attached hydrogen (secondary N) is 2. The molecular weight excluding hydrogens is 272 g/mol. The minimum Gasteiger partial charge on any atom is -0.497 e. The molecule has 1 aromatic carbocycles. The maximum atomic E-state index is 12.2. The topological polar surface area (TPSA) is 98.5 Å². The molecule has 7 nitrogen and oxygen atoms in total. The normalized spacial score (nSPS) is 9.86. The third-order valence-corrected chi connectivity index (χ3v) is 2.83. The molecule has 0 saturated heterocycles. The minimum absolute atomic E-state index is 0.294. The first-order valence-corrected chi connectivity index (χ1v) is 6.14. The van der Waals surface area contributed by atoms with Gasteiger partial charge in [0.15, 0.2) is 0 Å². The van der Waals surface area contributed by atoms with E-state index in [0.717, 1.165) is 0 Å². The average molecular weight is 288 g/mol. The summed E-state index contributed by atoms with van der Waals surface area (Å²) in [6.07, 6.45) is 1.50. The molecule has 0 aliphatic carbocycles. The van der Waals surface area contributed by atoms with Gasteiger partial charge in [-0.05, 0) is 24.3 Å². The second kappa shape index (κ2) is 6.58. The lowest BCUT2D eigenvalue weighted by Crippen LogP contribution is -2.14. The standard InChI is InChI=1S/C14H16N4O3/c1-20-10-3-4-11(12(8-10)21-2)17-14(19)9-5-6-16-13(7-9)18-15/h3-8H,15H2,1-2H3,(H,16,18)(H,17,19). The van der Waals surface area contributed by atoms with E-state index in [9.17, 15) is 4.79 Å². The number of hydrogen-bond donors (Lipinski definition) is 3. The van der Waals surface area contributed by atoms with Gasteiger partial charge in [-0.25, -0.2) is 10.8 Å². The van der Waals surface area contributed by atoms with Crippen molar-refractivity contribution in [2.75, 3.05) is 25.0 Å².